The SMILES string of the molecule is O=C1C2CC(O)Cc3cc(F)ccc3N2C(=O)CN1CCO. The van der Waals surface area contributed by atoms with Gasteiger partial charge in [0.2, 0.25) is 11.8 Å². The van der Waals surface area contributed by atoms with Crippen molar-refractivity contribution in [2.24, 2.45) is 0 Å². The van der Waals surface area contributed by atoms with Crippen LogP contribution in [0.15, 0.2) is 18.2 Å². The standard InChI is InChI=1S/C15H17FN2O4/c16-10-1-2-12-9(5-10)6-11(20)7-13-15(22)17(3-4-19)8-14(21)18(12)13/h1-2,5,11,13,19-20H,3-4,6-8H2. The quantitative estimate of drug-likeness (QED) is 0.784. The van der Waals surface area contributed by atoms with Gasteiger partial charge in [0, 0.05) is 25.1 Å². The maximum atomic E-state index is 13.4. The van der Waals surface area contributed by atoms with Crippen LogP contribution in [0.5, 0.6) is 0 Å². The Kier molecular flexibility index (Phi) is 3.84. The van der Waals surface area contributed by atoms with Crippen molar-refractivity contribution < 1.29 is 24.2 Å². The average molecular weight is 308 g/mol. The van der Waals surface area contributed by atoms with E-state index in [1.165, 1.54) is 28.0 Å². The lowest BCUT2D eigenvalue weighted by atomic mass is 10.0. The van der Waals surface area contributed by atoms with Crippen molar-refractivity contribution in [3.8, 4) is 0 Å². The highest BCUT2D eigenvalue weighted by Crippen LogP contribution is 2.33. The normalized spacial score (nSPS) is 24.9. The van der Waals surface area contributed by atoms with Crippen LogP contribution in [-0.4, -0.2) is 58.8 Å². The molecule has 0 aliphatic carbocycles. The van der Waals surface area contributed by atoms with Crippen LogP contribution in [0.25, 0.3) is 0 Å². The zero-order valence-electron chi connectivity index (χ0n) is 11.9. The van der Waals surface area contributed by atoms with Gasteiger partial charge in [-0.1, -0.05) is 0 Å². The molecule has 2 aliphatic rings. The summed E-state index contributed by atoms with van der Waals surface area (Å²) in [6.45, 7) is -0.264. The second-order valence-corrected chi connectivity index (χ2v) is 5.63. The van der Waals surface area contributed by atoms with E-state index in [1.807, 2.05) is 0 Å². The van der Waals surface area contributed by atoms with Crippen LogP contribution in [0.2, 0.25) is 0 Å². The molecule has 3 rings (SSSR count). The first-order chi connectivity index (χ1) is 10.5. The van der Waals surface area contributed by atoms with Crippen LogP contribution in [0.4, 0.5) is 10.1 Å². The van der Waals surface area contributed by atoms with Crippen LogP contribution in [0, 0.1) is 5.82 Å². The smallest absolute Gasteiger partial charge is 0.247 e. The Hall–Kier alpha value is -1.99. The molecule has 0 bridgehead atoms. The molecule has 2 heterocycles. The maximum absolute atomic E-state index is 13.4. The van der Waals surface area contributed by atoms with Gasteiger partial charge in [0.1, 0.15) is 18.4 Å². The molecule has 2 N–H and O–H groups in total. The van der Waals surface area contributed by atoms with E-state index in [0.717, 1.165) is 0 Å². The third kappa shape index (κ3) is 2.46. The van der Waals surface area contributed by atoms with Crippen molar-refractivity contribution >= 4 is 17.5 Å². The van der Waals surface area contributed by atoms with Gasteiger partial charge in [-0.2, -0.15) is 0 Å². The van der Waals surface area contributed by atoms with E-state index in [9.17, 15) is 19.1 Å². The molecule has 118 valence electrons. The summed E-state index contributed by atoms with van der Waals surface area (Å²) in [5.41, 5.74) is 0.997. The molecular formula is C15H17FN2O4. The van der Waals surface area contributed by atoms with E-state index in [-0.39, 0.29) is 44.4 Å². The predicted octanol–water partition coefficient (Wildman–Crippen LogP) is -0.331. The molecule has 1 aromatic carbocycles. The van der Waals surface area contributed by atoms with Gasteiger partial charge in [0.15, 0.2) is 0 Å². The number of nitrogens with zero attached hydrogens (tertiary/aromatic N) is 2. The first kappa shape index (κ1) is 14.9. The monoisotopic (exact) mass is 308 g/mol. The lowest BCUT2D eigenvalue weighted by Crippen LogP contribution is -2.61. The van der Waals surface area contributed by atoms with Crippen molar-refractivity contribution in [2.75, 3.05) is 24.6 Å². The highest BCUT2D eigenvalue weighted by Gasteiger charge is 2.43. The third-order valence-electron chi connectivity index (χ3n) is 4.13. The van der Waals surface area contributed by atoms with Crippen LogP contribution < -0.4 is 4.90 Å². The molecule has 2 aliphatic heterocycles. The summed E-state index contributed by atoms with van der Waals surface area (Å²) in [7, 11) is 0. The van der Waals surface area contributed by atoms with Crippen LogP contribution >= 0.6 is 0 Å². The van der Waals surface area contributed by atoms with Gasteiger partial charge in [0.25, 0.3) is 0 Å². The van der Waals surface area contributed by atoms with E-state index < -0.39 is 18.0 Å². The largest absolute Gasteiger partial charge is 0.395 e. The number of carbonyl (C=O) groups excluding carboxylic acids is 2. The molecule has 2 atom stereocenters. The van der Waals surface area contributed by atoms with Crippen molar-refractivity contribution in [3.05, 3.63) is 29.6 Å². The minimum absolute atomic E-state index is 0.0846. The number of rotatable bonds is 2. The number of fused-ring (bicyclic) bond motifs is 3. The summed E-state index contributed by atoms with van der Waals surface area (Å²) < 4.78 is 13.4. The zero-order chi connectivity index (χ0) is 15.9. The molecule has 0 aromatic heterocycles. The van der Waals surface area contributed by atoms with Crippen molar-refractivity contribution in [1.82, 2.24) is 4.90 Å². The number of hydrogen-bond donors (Lipinski definition) is 2. The van der Waals surface area contributed by atoms with Crippen LogP contribution in [0.1, 0.15) is 12.0 Å². The molecule has 6 nitrogen and oxygen atoms in total. The summed E-state index contributed by atoms with van der Waals surface area (Å²) >= 11 is 0. The molecule has 1 saturated heterocycles. The topological polar surface area (TPSA) is 81.1 Å². The van der Waals surface area contributed by atoms with Crippen molar-refractivity contribution in [2.45, 2.75) is 25.0 Å². The van der Waals surface area contributed by atoms with Crippen molar-refractivity contribution in [3.63, 3.8) is 0 Å². The van der Waals surface area contributed by atoms with E-state index in [1.54, 1.807) is 0 Å². The number of halogens is 1. The first-order valence-corrected chi connectivity index (χ1v) is 7.19. The van der Waals surface area contributed by atoms with Crippen molar-refractivity contribution in [1.29, 1.82) is 0 Å². The Morgan fingerprint density at radius 3 is 2.82 bits per heavy atom. The molecule has 1 aromatic rings. The summed E-state index contributed by atoms with van der Waals surface area (Å²) in [5.74, 6) is -1.04. The van der Waals surface area contributed by atoms with E-state index in [4.69, 9.17) is 5.11 Å². The summed E-state index contributed by atoms with van der Waals surface area (Å²) in [6.07, 6.45) is -0.537. The molecule has 1 fully saturated rings. The van der Waals surface area contributed by atoms with Gasteiger partial charge in [0.05, 0.1) is 12.7 Å². The summed E-state index contributed by atoms with van der Waals surface area (Å²) in [5, 5.41) is 19.1. The second-order valence-electron chi connectivity index (χ2n) is 5.63. The zero-order valence-corrected chi connectivity index (χ0v) is 11.9. The number of amides is 2. The van der Waals surface area contributed by atoms with E-state index >= 15 is 0 Å². The second kappa shape index (κ2) is 5.66. The van der Waals surface area contributed by atoms with Gasteiger partial charge < -0.3 is 15.1 Å². The maximum Gasteiger partial charge on any atom is 0.247 e. The number of aliphatic hydroxyl groups excluding tert-OH is 2. The molecule has 2 unspecified atom stereocenters. The number of piperazine rings is 1. The molecular weight excluding hydrogens is 291 g/mol. The number of benzene rings is 1. The fraction of sp³-hybridized carbons (Fsp3) is 0.467. The number of carbonyl (C=O) groups is 2. The Bertz CT molecular complexity index is 622. The van der Waals surface area contributed by atoms with Gasteiger partial charge in [-0.05, 0) is 23.8 Å². The predicted molar refractivity (Wildman–Crippen MR) is 75.7 cm³/mol. The molecule has 0 spiro atoms. The van der Waals surface area contributed by atoms with Gasteiger partial charge in [-0.25, -0.2) is 4.39 Å². The van der Waals surface area contributed by atoms with E-state index in [0.29, 0.717) is 11.3 Å². The Morgan fingerprint density at radius 1 is 1.32 bits per heavy atom. The Morgan fingerprint density at radius 2 is 2.09 bits per heavy atom. The van der Waals surface area contributed by atoms with Gasteiger partial charge >= 0.3 is 0 Å². The molecule has 7 heteroatoms. The number of anilines is 1. The van der Waals surface area contributed by atoms with E-state index in [2.05, 4.69) is 0 Å². The van der Waals surface area contributed by atoms with Gasteiger partial charge in [-0.15, -0.1) is 0 Å². The number of β-amino-alcohol motifs (C(OH)–C–C–N with tert-alkyl or cyclic N) is 1. The molecule has 2 amide bonds. The molecule has 22 heavy (non-hydrogen) atoms. The average Bonchev–Trinajstić information content (AvgIpc) is 2.60. The van der Waals surface area contributed by atoms with Crippen LogP contribution in [-0.2, 0) is 16.0 Å². The first-order valence-electron chi connectivity index (χ1n) is 7.19. The molecule has 0 radical (unpaired) electrons. The minimum atomic E-state index is -0.832. The fourth-order valence-corrected chi connectivity index (χ4v) is 3.18. The molecule has 0 saturated carbocycles. The Balaban J connectivity index is 2.04. The van der Waals surface area contributed by atoms with Crippen LogP contribution in [0.3, 0.4) is 0 Å². The highest BCUT2D eigenvalue weighted by molar-refractivity contribution is 6.07. The summed E-state index contributed by atoms with van der Waals surface area (Å²) in [6, 6.07) is 3.20. The lowest BCUT2D eigenvalue weighted by molar-refractivity contribution is -0.142. The number of hydrogen-bond acceptors (Lipinski definition) is 4. The highest BCUT2D eigenvalue weighted by atomic mass is 19.1. The lowest BCUT2D eigenvalue weighted by Gasteiger charge is -2.39. The van der Waals surface area contributed by atoms with Gasteiger partial charge in [-0.3, -0.25) is 14.5 Å². The Labute approximate surface area is 126 Å². The fourth-order valence-electron chi connectivity index (χ4n) is 3.18. The number of aliphatic hydroxyl groups is 2. The summed E-state index contributed by atoms with van der Waals surface area (Å²) in [4.78, 5) is 27.6. The minimum Gasteiger partial charge on any atom is -0.395 e. The third-order valence-corrected chi connectivity index (χ3v) is 4.13.